The Balaban J connectivity index is 0.000000154. The van der Waals surface area contributed by atoms with E-state index < -0.39 is 11.8 Å². The number of halogens is 1. The van der Waals surface area contributed by atoms with Gasteiger partial charge in [0, 0.05) is 53.9 Å². The van der Waals surface area contributed by atoms with E-state index in [-0.39, 0.29) is 30.6 Å². The number of ether oxygens (including phenoxy) is 1. The van der Waals surface area contributed by atoms with Gasteiger partial charge in [-0.3, -0.25) is 9.59 Å². The molecule has 0 radical (unpaired) electrons. The molecule has 354 valence electrons. The van der Waals surface area contributed by atoms with Gasteiger partial charge in [-0.2, -0.15) is 9.97 Å². The summed E-state index contributed by atoms with van der Waals surface area (Å²) < 4.78 is 12.4. The minimum Gasteiger partial charge on any atom is -0.496 e. The van der Waals surface area contributed by atoms with Crippen LogP contribution in [-0.2, 0) is 0 Å². The molecule has 0 spiro atoms. The van der Waals surface area contributed by atoms with Crippen molar-refractivity contribution >= 4 is 63.7 Å². The smallest absolute Gasteiger partial charge is 0.249 e. The molecule has 8 heterocycles. The number of nitrogen functional groups attached to an aromatic ring is 1. The zero-order valence-corrected chi connectivity index (χ0v) is 38.7. The first-order chi connectivity index (χ1) is 32.8. The lowest BCUT2D eigenvalue weighted by Crippen LogP contribution is -2.33. The van der Waals surface area contributed by atoms with E-state index in [9.17, 15) is 19.8 Å². The molecule has 2 amide bonds. The van der Waals surface area contributed by atoms with E-state index in [1.807, 2.05) is 62.6 Å². The predicted molar refractivity (Wildman–Crippen MR) is 259 cm³/mol. The summed E-state index contributed by atoms with van der Waals surface area (Å²) in [6, 6.07) is 15.1. The second-order valence-corrected chi connectivity index (χ2v) is 16.8. The molecule has 21 nitrogen and oxygen atoms in total. The first kappa shape index (κ1) is 46.8. The van der Waals surface area contributed by atoms with E-state index in [1.165, 1.54) is 0 Å². The first-order valence-corrected chi connectivity index (χ1v) is 22.3. The van der Waals surface area contributed by atoms with Crippen LogP contribution in [0.15, 0.2) is 86.0 Å². The third-order valence-electron chi connectivity index (χ3n) is 12.2. The minimum atomic E-state index is -0.528. The monoisotopic (exact) mass is 944 g/mol. The Hall–Kier alpha value is -7.75. The highest BCUT2D eigenvalue weighted by molar-refractivity contribution is 6.28. The standard InChI is InChI=1S/C23H26N8O3.C12H14N4O.C11H13ClN4O/c1-14-17(21(24)33)9-16(10-19(14)34-2)29-11-20(25-13-29)26-23-27-22(18-6-4-8-31(18)28-23)30-7-3-5-15(30)12-32;1-7-3-9(16-5-11(13)15-6-16)4-10(8(7)2)12(14)17;12-11-13-10(9-4-2-6-16(9)14-11)15-5-1-3-8(15)7-17/h4,6,8-11,13,15,32H,3,5,7,12H2,1-2H3,(H2,24,33)(H,26,28);3-6H,13H2,1-2H3,(H2,14,17);2,4,6,8,17H,1,3,5,7H2/t15-;;8-/m0.0/s1. The van der Waals surface area contributed by atoms with Gasteiger partial charge in [-0.25, -0.2) is 19.0 Å². The van der Waals surface area contributed by atoms with Crippen molar-refractivity contribution < 1.29 is 24.5 Å². The van der Waals surface area contributed by atoms with Gasteiger partial charge in [0.1, 0.15) is 35.3 Å². The van der Waals surface area contributed by atoms with Crippen LogP contribution < -0.4 is 37.1 Å². The number of rotatable bonds is 11. The average molecular weight is 945 g/mol. The third kappa shape index (κ3) is 9.71. The molecule has 2 saturated heterocycles. The number of carbonyl (C=O) groups excluding carboxylic acids is 2. The molecule has 9 N–H and O–H groups in total. The molecule has 8 aromatic rings. The van der Waals surface area contributed by atoms with E-state index in [0.29, 0.717) is 45.7 Å². The Kier molecular flexibility index (Phi) is 13.8. The van der Waals surface area contributed by atoms with Crippen molar-refractivity contribution in [2.45, 2.75) is 58.5 Å². The zero-order chi connectivity index (χ0) is 48.2. The van der Waals surface area contributed by atoms with Crippen LogP contribution in [0.4, 0.5) is 29.2 Å². The fraction of sp³-hybridized carbons (Fsp3) is 0.304. The second kappa shape index (κ2) is 20.0. The summed E-state index contributed by atoms with van der Waals surface area (Å²) >= 11 is 5.92. The highest BCUT2D eigenvalue weighted by atomic mass is 35.5. The van der Waals surface area contributed by atoms with Gasteiger partial charge in [-0.05, 0) is 112 Å². The number of nitrogens with one attached hydrogen (secondary N) is 1. The zero-order valence-electron chi connectivity index (χ0n) is 38.0. The van der Waals surface area contributed by atoms with Crippen molar-refractivity contribution in [3.8, 4) is 17.1 Å². The molecular formula is C46H53ClN16O5. The van der Waals surface area contributed by atoms with Crippen molar-refractivity contribution in [1.29, 1.82) is 0 Å². The molecule has 0 unspecified atom stereocenters. The summed E-state index contributed by atoms with van der Waals surface area (Å²) in [7, 11) is 1.55. The number of fused-ring (bicyclic) bond motifs is 2. The van der Waals surface area contributed by atoms with Gasteiger partial charge >= 0.3 is 0 Å². The highest BCUT2D eigenvalue weighted by Crippen LogP contribution is 2.31. The van der Waals surface area contributed by atoms with Crippen molar-refractivity contribution in [3.05, 3.63) is 119 Å². The van der Waals surface area contributed by atoms with E-state index in [1.54, 1.807) is 69.4 Å². The average Bonchev–Trinajstić information content (AvgIpc) is 4.19. The number of aliphatic hydroxyl groups is 2. The number of primary amides is 2. The maximum Gasteiger partial charge on any atom is 0.249 e. The Bertz CT molecular complexity index is 3110. The van der Waals surface area contributed by atoms with Crippen LogP contribution in [0.1, 0.15) is 63.1 Å². The molecular weight excluding hydrogens is 892 g/mol. The molecule has 0 saturated carbocycles. The van der Waals surface area contributed by atoms with Crippen molar-refractivity contribution in [2.75, 3.05) is 54.3 Å². The van der Waals surface area contributed by atoms with Crippen LogP contribution in [-0.4, -0.2) is 116 Å². The number of hydrogen-bond acceptors (Lipinski definition) is 15. The lowest BCUT2D eigenvalue weighted by atomic mass is 10.0. The number of imidazole rings is 2. The molecule has 68 heavy (non-hydrogen) atoms. The number of nitrogens with zero attached hydrogens (tertiary/aromatic N) is 12. The van der Waals surface area contributed by atoms with Crippen molar-refractivity contribution in [2.24, 2.45) is 11.5 Å². The van der Waals surface area contributed by atoms with Crippen LogP contribution in [0.3, 0.4) is 0 Å². The molecule has 2 aliphatic heterocycles. The minimum absolute atomic E-state index is 0.0385. The van der Waals surface area contributed by atoms with Crippen LogP contribution >= 0.6 is 11.6 Å². The molecule has 0 aliphatic carbocycles. The van der Waals surface area contributed by atoms with Crippen LogP contribution in [0.2, 0.25) is 5.28 Å². The maximum absolute atomic E-state index is 11.9. The van der Waals surface area contributed by atoms with E-state index >= 15 is 0 Å². The molecule has 6 aromatic heterocycles. The SMILES string of the molecule is COc1cc(-n2cnc(Nc3nc(N4CCC[C@H]4CO)c4cccn4n3)c2)cc(C(N)=O)c1C.Cc1cc(-n2cnc(N)c2)cc(C(N)=O)c1C.OC[C@@H]1CCCN1c1nc(Cl)nn2cccc12. The fourth-order valence-corrected chi connectivity index (χ4v) is 8.71. The summed E-state index contributed by atoms with van der Waals surface area (Å²) in [5.74, 6) is 2.53. The summed E-state index contributed by atoms with van der Waals surface area (Å²) in [6.07, 6.45) is 14.4. The highest BCUT2D eigenvalue weighted by Gasteiger charge is 2.29. The van der Waals surface area contributed by atoms with Gasteiger partial charge in [-0.15, -0.1) is 10.2 Å². The van der Waals surface area contributed by atoms with Gasteiger partial charge in [0.05, 0.1) is 50.5 Å². The molecule has 10 rings (SSSR count). The summed E-state index contributed by atoms with van der Waals surface area (Å²) in [5, 5.41) is 31.2. The summed E-state index contributed by atoms with van der Waals surface area (Å²) in [5.41, 5.74) is 23.2. The number of aryl methyl sites for hydroxylation is 1. The van der Waals surface area contributed by atoms with Gasteiger partial charge in [0.25, 0.3) is 0 Å². The Morgan fingerprint density at radius 3 is 1.91 bits per heavy atom. The number of aromatic nitrogens is 10. The number of methoxy groups -OCH3 is 1. The fourth-order valence-electron chi connectivity index (χ4n) is 8.55. The van der Waals surface area contributed by atoms with Crippen LogP contribution in [0, 0.1) is 20.8 Å². The number of amides is 2. The molecule has 22 heteroatoms. The topological polar surface area (TPSA) is 276 Å². The number of aliphatic hydroxyl groups excluding tert-OH is 2. The Morgan fingerprint density at radius 1 is 0.779 bits per heavy atom. The predicted octanol–water partition coefficient (Wildman–Crippen LogP) is 4.55. The van der Waals surface area contributed by atoms with Crippen LogP contribution in [0.5, 0.6) is 5.75 Å². The van der Waals surface area contributed by atoms with E-state index in [0.717, 1.165) is 78.3 Å². The largest absolute Gasteiger partial charge is 0.496 e. The van der Waals surface area contributed by atoms with E-state index in [2.05, 4.69) is 40.3 Å². The number of nitrogens with two attached hydrogens (primary N) is 3. The van der Waals surface area contributed by atoms with Gasteiger partial charge in [0.15, 0.2) is 17.5 Å². The normalized spacial score (nSPS) is 15.6. The second-order valence-electron chi connectivity index (χ2n) is 16.5. The van der Waals surface area contributed by atoms with Crippen molar-refractivity contribution in [3.63, 3.8) is 0 Å². The van der Waals surface area contributed by atoms with Crippen molar-refractivity contribution in [1.82, 2.24) is 48.3 Å². The Morgan fingerprint density at radius 2 is 1.34 bits per heavy atom. The third-order valence-corrected chi connectivity index (χ3v) is 12.4. The number of anilines is 5. The molecule has 2 fully saturated rings. The Labute approximate surface area is 395 Å². The van der Waals surface area contributed by atoms with Gasteiger partial charge < -0.3 is 56.4 Å². The lowest BCUT2D eigenvalue weighted by Gasteiger charge is -2.25. The summed E-state index contributed by atoms with van der Waals surface area (Å²) in [4.78, 5) is 44.9. The molecule has 2 aromatic carbocycles. The van der Waals surface area contributed by atoms with Crippen LogP contribution in [0.25, 0.3) is 22.4 Å². The molecule has 0 bridgehead atoms. The van der Waals surface area contributed by atoms with Gasteiger partial charge in [0.2, 0.25) is 23.0 Å². The molecule has 2 atom stereocenters. The maximum atomic E-state index is 11.9. The lowest BCUT2D eigenvalue weighted by molar-refractivity contribution is 0.0991. The quantitative estimate of drug-likeness (QED) is 0.104. The van der Waals surface area contributed by atoms with Gasteiger partial charge in [-0.1, -0.05) is 0 Å². The number of benzene rings is 2. The number of carbonyl (C=O) groups is 2. The number of hydrogen-bond donors (Lipinski definition) is 6. The summed E-state index contributed by atoms with van der Waals surface area (Å²) in [6.45, 7) is 7.56. The molecule has 2 aliphatic rings. The first-order valence-electron chi connectivity index (χ1n) is 21.9. The van der Waals surface area contributed by atoms with E-state index in [4.69, 9.17) is 38.5 Å².